The highest BCUT2D eigenvalue weighted by molar-refractivity contribution is 6.74. The summed E-state index contributed by atoms with van der Waals surface area (Å²) in [5.74, 6) is 0.617. The van der Waals surface area contributed by atoms with Crippen molar-refractivity contribution in [3.8, 4) is 5.75 Å². The topological polar surface area (TPSA) is 91.8 Å². The van der Waals surface area contributed by atoms with Gasteiger partial charge in [-0.15, -0.1) is 0 Å². The van der Waals surface area contributed by atoms with Crippen LogP contribution in [0.15, 0.2) is 103 Å². The molecule has 2 atom stereocenters. The summed E-state index contributed by atoms with van der Waals surface area (Å²) in [7, 11) is -2.11. The van der Waals surface area contributed by atoms with E-state index >= 15 is 0 Å². The van der Waals surface area contributed by atoms with Crippen LogP contribution in [0.5, 0.6) is 5.75 Å². The second kappa shape index (κ2) is 16.6. The molecule has 0 bridgehead atoms. The van der Waals surface area contributed by atoms with Gasteiger partial charge in [0.1, 0.15) is 12.4 Å². The Balaban J connectivity index is 1.37. The van der Waals surface area contributed by atoms with Gasteiger partial charge in [0.25, 0.3) is 0 Å². The molecule has 7 nitrogen and oxygen atoms in total. The van der Waals surface area contributed by atoms with Gasteiger partial charge in [-0.1, -0.05) is 99.6 Å². The molecule has 4 aromatic carbocycles. The van der Waals surface area contributed by atoms with Gasteiger partial charge in [-0.3, -0.25) is 4.79 Å². The molecule has 0 radical (unpaired) electrons. The summed E-state index contributed by atoms with van der Waals surface area (Å²) in [5, 5.41) is 20.3. The third kappa shape index (κ3) is 10.3. The molecule has 4 N–H and O–H groups in total. The van der Waals surface area contributed by atoms with Crippen LogP contribution in [0.3, 0.4) is 0 Å². The van der Waals surface area contributed by atoms with E-state index in [9.17, 15) is 9.90 Å². The lowest BCUT2D eigenvalue weighted by Crippen LogP contribution is -2.43. The summed E-state index contributed by atoms with van der Waals surface area (Å²) in [5.41, 5.74) is 5.77. The van der Waals surface area contributed by atoms with E-state index in [2.05, 4.69) is 74.1 Å². The van der Waals surface area contributed by atoms with Crippen LogP contribution in [-0.4, -0.2) is 39.5 Å². The average Bonchev–Trinajstić information content (AvgIpc) is 3.05. The Morgan fingerprint density at radius 3 is 2.15 bits per heavy atom. The normalized spacial score (nSPS) is 13.1. The fourth-order valence-electron chi connectivity index (χ4n) is 4.81. The van der Waals surface area contributed by atoms with Crippen molar-refractivity contribution in [2.24, 2.45) is 0 Å². The lowest BCUT2D eigenvalue weighted by atomic mass is 10.1. The fourth-order valence-corrected chi connectivity index (χ4v) is 6.09. The van der Waals surface area contributed by atoms with Crippen molar-refractivity contribution in [1.29, 1.82) is 0 Å². The maximum Gasteiger partial charge on any atom is 0.211 e. The van der Waals surface area contributed by atoms with Crippen molar-refractivity contribution in [2.75, 3.05) is 30.3 Å². The smallest absolute Gasteiger partial charge is 0.211 e. The molecule has 0 saturated heterocycles. The van der Waals surface area contributed by atoms with E-state index in [4.69, 9.17) is 9.16 Å². The number of hydrogen-bond donors (Lipinski definition) is 4. The molecule has 0 aliphatic carbocycles. The molecule has 0 aliphatic heterocycles. The number of anilines is 2. The third-order valence-corrected chi connectivity index (χ3v) is 13.1. The minimum atomic E-state index is -2.11. The van der Waals surface area contributed by atoms with Crippen LogP contribution < -0.4 is 20.7 Å². The Morgan fingerprint density at radius 1 is 0.826 bits per heavy atom. The number of ether oxygens (including phenoxy) is 1. The first-order valence-corrected chi connectivity index (χ1v) is 18.9. The summed E-state index contributed by atoms with van der Waals surface area (Å²) in [4.78, 5) is 11.5. The van der Waals surface area contributed by atoms with Crippen LogP contribution in [-0.2, 0) is 22.2 Å². The van der Waals surface area contributed by atoms with Gasteiger partial charge >= 0.3 is 0 Å². The van der Waals surface area contributed by atoms with E-state index in [0.717, 1.165) is 35.3 Å². The zero-order valence-electron chi connectivity index (χ0n) is 27.8. The molecule has 0 spiro atoms. The van der Waals surface area contributed by atoms with Crippen molar-refractivity contribution in [3.63, 3.8) is 0 Å². The SMILES string of the molecule is CC(C)(C)[Si](C)(C)O[C@@H](CNCCc1ccc(NC[C@H](O)c2ccccc2)cc1)c1ccc(OCc2ccccc2)c(NC=O)c1. The summed E-state index contributed by atoms with van der Waals surface area (Å²) in [6.07, 6.45) is 0.792. The number of carbonyl (C=O) groups is 1. The largest absolute Gasteiger partial charge is 0.487 e. The monoisotopic (exact) mass is 639 g/mol. The molecule has 0 unspecified atom stereocenters. The van der Waals surface area contributed by atoms with Gasteiger partial charge in [0.2, 0.25) is 6.41 Å². The summed E-state index contributed by atoms with van der Waals surface area (Å²) in [6.45, 7) is 13.5. The highest BCUT2D eigenvalue weighted by Gasteiger charge is 2.39. The number of benzene rings is 4. The zero-order valence-corrected chi connectivity index (χ0v) is 28.8. The van der Waals surface area contributed by atoms with E-state index in [1.54, 1.807) is 0 Å². The molecule has 4 rings (SSSR count). The predicted molar refractivity (Wildman–Crippen MR) is 191 cm³/mol. The van der Waals surface area contributed by atoms with Crippen LogP contribution in [0, 0.1) is 0 Å². The lowest BCUT2D eigenvalue weighted by molar-refractivity contribution is -0.105. The van der Waals surface area contributed by atoms with Crippen LogP contribution in [0.25, 0.3) is 0 Å². The second-order valence-electron chi connectivity index (χ2n) is 13.1. The Bertz CT molecular complexity index is 1490. The van der Waals surface area contributed by atoms with Crippen molar-refractivity contribution < 1.29 is 19.1 Å². The van der Waals surface area contributed by atoms with Gasteiger partial charge in [0.05, 0.1) is 17.9 Å². The lowest BCUT2D eigenvalue weighted by Gasteiger charge is -2.39. The number of aliphatic hydroxyl groups excluding tert-OH is 1. The molecule has 0 fully saturated rings. The van der Waals surface area contributed by atoms with Gasteiger partial charge in [-0.25, -0.2) is 0 Å². The number of hydrogen-bond acceptors (Lipinski definition) is 6. The van der Waals surface area contributed by atoms with Crippen molar-refractivity contribution in [2.45, 2.75) is 64.1 Å². The third-order valence-electron chi connectivity index (χ3n) is 8.63. The van der Waals surface area contributed by atoms with Gasteiger partial charge in [0, 0.05) is 18.8 Å². The molecule has 0 aliphatic rings. The first-order valence-electron chi connectivity index (χ1n) is 16.0. The van der Waals surface area contributed by atoms with Crippen molar-refractivity contribution >= 4 is 26.1 Å². The fraction of sp³-hybridized carbons (Fsp3) is 0.342. The minimum absolute atomic E-state index is 0.0424. The molecule has 0 saturated carbocycles. The Labute approximate surface area is 275 Å². The molecular formula is C38H49N3O4Si. The molecule has 4 aromatic rings. The van der Waals surface area contributed by atoms with Gasteiger partial charge < -0.3 is 30.2 Å². The molecule has 46 heavy (non-hydrogen) atoms. The van der Waals surface area contributed by atoms with Crippen LogP contribution in [0.1, 0.15) is 55.2 Å². The first kappa shape index (κ1) is 34.9. The number of nitrogens with one attached hydrogen (secondary N) is 3. The summed E-state index contributed by atoms with van der Waals surface area (Å²) in [6, 6.07) is 33.9. The van der Waals surface area contributed by atoms with Crippen molar-refractivity contribution in [1.82, 2.24) is 5.32 Å². The molecule has 244 valence electrons. The van der Waals surface area contributed by atoms with Gasteiger partial charge in [-0.05, 0) is 77.6 Å². The standard InChI is InChI=1S/C38H49N3O4Si/c1-38(2,3)46(4,5)45-37(32-18-21-36(34(24-32)41-28-42)44-27-30-12-8-6-9-13-30)26-39-23-22-29-16-19-33(20-17-29)40-25-35(43)31-14-10-7-11-15-31/h6-21,24,28,35,37,39-40,43H,22-23,25-27H2,1-5H3,(H,41,42)/t35-,37-/m0/s1. The number of carbonyl (C=O) groups excluding carboxylic acids is 1. The summed E-state index contributed by atoms with van der Waals surface area (Å²) < 4.78 is 13.0. The molecule has 1 amide bonds. The number of aliphatic hydroxyl groups is 1. The van der Waals surface area contributed by atoms with E-state index in [-0.39, 0.29) is 11.1 Å². The predicted octanol–water partition coefficient (Wildman–Crippen LogP) is 7.87. The minimum Gasteiger partial charge on any atom is -0.487 e. The highest BCUT2D eigenvalue weighted by atomic mass is 28.4. The van der Waals surface area contributed by atoms with E-state index in [1.807, 2.05) is 78.9 Å². The quantitative estimate of drug-likeness (QED) is 0.0534. The van der Waals surface area contributed by atoms with Crippen LogP contribution in [0.4, 0.5) is 11.4 Å². The first-order chi connectivity index (χ1) is 22.1. The molecular weight excluding hydrogens is 591 g/mol. The molecule has 0 aromatic heterocycles. The van der Waals surface area contributed by atoms with E-state index in [0.29, 0.717) is 37.5 Å². The Morgan fingerprint density at radius 2 is 1.50 bits per heavy atom. The van der Waals surface area contributed by atoms with E-state index < -0.39 is 14.4 Å². The highest BCUT2D eigenvalue weighted by Crippen LogP contribution is 2.40. The second-order valence-corrected chi connectivity index (χ2v) is 17.9. The number of rotatable bonds is 17. The van der Waals surface area contributed by atoms with Crippen LogP contribution in [0.2, 0.25) is 18.1 Å². The molecule has 0 heterocycles. The van der Waals surface area contributed by atoms with Gasteiger partial charge in [0.15, 0.2) is 8.32 Å². The average molecular weight is 640 g/mol. The Hall–Kier alpha value is -3.95. The summed E-state index contributed by atoms with van der Waals surface area (Å²) >= 11 is 0. The van der Waals surface area contributed by atoms with Crippen LogP contribution >= 0.6 is 0 Å². The van der Waals surface area contributed by atoms with E-state index in [1.165, 1.54) is 5.56 Å². The number of amides is 1. The maximum absolute atomic E-state index is 11.5. The Kier molecular flexibility index (Phi) is 12.6. The zero-order chi connectivity index (χ0) is 33.0. The van der Waals surface area contributed by atoms with Gasteiger partial charge in [-0.2, -0.15) is 0 Å². The van der Waals surface area contributed by atoms with Crippen molar-refractivity contribution in [3.05, 3.63) is 125 Å². The molecule has 8 heteroatoms. The maximum atomic E-state index is 11.5.